The molecule has 4 amide bonds. The van der Waals surface area contributed by atoms with Crippen LogP contribution in [0.1, 0.15) is 56.2 Å². The van der Waals surface area contributed by atoms with E-state index in [4.69, 9.17) is 4.74 Å². The van der Waals surface area contributed by atoms with E-state index in [0.29, 0.717) is 18.8 Å². The summed E-state index contributed by atoms with van der Waals surface area (Å²) >= 11 is 3.70. The summed E-state index contributed by atoms with van der Waals surface area (Å²) in [7, 11) is 2.16. The molecule has 9 nitrogen and oxygen atoms in total. The standard InChI is InChI=1S/C32H31BrN4O5/c1-36-14-12-20-16-24(33)27(17-22(20)23(18-36)19-6-3-2-4-7-19)42-15-13-34-25-9-5-8-21-29(25)32(41)37(31(21)40)26-10-11-28(38)35-30(26)39/h2-9,16-17,23,26,34H,10-15,18H2,1H3,(H,35,38,39). The van der Waals surface area contributed by atoms with Gasteiger partial charge in [-0.3, -0.25) is 29.4 Å². The number of nitrogens with zero attached hydrogens (tertiary/aromatic N) is 2. The van der Waals surface area contributed by atoms with E-state index in [-0.39, 0.29) is 29.9 Å². The molecule has 0 saturated carbocycles. The number of carbonyl (C=O) groups is 4. The smallest absolute Gasteiger partial charge is 0.264 e. The molecule has 3 aromatic carbocycles. The highest BCUT2D eigenvalue weighted by atomic mass is 79.9. The second kappa shape index (κ2) is 11.7. The monoisotopic (exact) mass is 630 g/mol. The van der Waals surface area contributed by atoms with Crippen LogP contribution in [0.15, 0.2) is 65.1 Å². The fraction of sp³-hybridized carbons (Fsp3) is 0.312. The van der Waals surface area contributed by atoms with E-state index >= 15 is 0 Å². The van der Waals surface area contributed by atoms with Gasteiger partial charge in [-0.05, 0) is 76.8 Å². The Morgan fingerprint density at radius 2 is 1.81 bits per heavy atom. The van der Waals surface area contributed by atoms with E-state index in [1.807, 2.05) is 6.07 Å². The highest BCUT2D eigenvalue weighted by molar-refractivity contribution is 9.10. The molecule has 1 saturated heterocycles. The van der Waals surface area contributed by atoms with Crippen molar-refractivity contribution in [1.82, 2.24) is 15.1 Å². The Hall–Kier alpha value is -4.02. The summed E-state index contributed by atoms with van der Waals surface area (Å²) in [5.41, 5.74) is 4.79. The zero-order chi connectivity index (χ0) is 29.4. The van der Waals surface area contributed by atoms with E-state index in [1.54, 1.807) is 18.2 Å². The van der Waals surface area contributed by atoms with Crippen LogP contribution < -0.4 is 15.4 Å². The summed E-state index contributed by atoms with van der Waals surface area (Å²) in [6, 6.07) is 18.8. The number of likely N-dealkylation sites (N-methyl/N-ethyl adjacent to an activating group) is 1. The Labute approximate surface area is 252 Å². The van der Waals surface area contributed by atoms with Gasteiger partial charge < -0.3 is 15.0 Å². The minimum atomic E-state index is -1.00. The Bertz CT molecular complexity index is 1580. The van der Waals surface area contributed by atoms with E-state index in [2.05, 4.69) is 74.9 Å². The lowest BCUT2D eigenvalue weighted by Gasteiger charge is -2.27. The third kappa shape index (κ3) is 5.32. The van der Waals surface area contributed by atoms with Gasteiger partial charge >= 0.3 is 0 Å². The van der Waals surface area contributed by atoms with Crippen LogP contribution in [0.3, 0.4) is 0 Å². The van der Waals surface area contributed by atoms with Crippen LogP contribution in [0.25, 0.3) is 0 Å². The highest BCUT2D eigenvalue weighted by Crippen LogP contribution is 2.38. The molecule has 0 aliphatic carbocycles. The number of carbonyl (C=O) groups excluding carboxylic acids is 4. The molecule has 3 aromatic rings. The van der Waals surface area contributed by atoms with E-state index in [0.717, 1.165) is 34.6 Å². The summed E-state index contributed by atoms with van der Waals surface area (Å²) < 4.78 is 7.10. The number of nitrogens with one attached hydrogen (secondary N) is 2. The number of anilines is 1. The van der Waals surface area contributed by atoms with Crippen LogP contribution in [0.2, 0.25) is 0 Å². The maximum Gasteiger partial charge on any atom is 0.264 e. The van der Waals surface area contributed by atoms with Gasteiger partial charge in [-0.2, -0.15) is 0 Å². The molecule has 42 heavy (non-hydrogen) atoms. The third-order valence-electron chi connectivity index (χ3n) is 8.17. The Morgan fingerprint density at radius 3 is 2.60 bits per heavy atom. The summed E-state index contributed by atoms with van der Waals surface area (Å²) in [4.78, 5) is 53.8. The number of imide groups is 2. The average molecular weight is 632 g/mol. The number of hydrogen-bond acceptors (Lipinski definition) is 7. The van der Waals surface area contributed by atoms with Crippen LogP contribution in [-0.4, -0.2) is 72.8 Å². The maximum absolute atomic E-state index is 13.3. The van der Waals surface area contributed by atoms with Gasteiger partial charge in [0.2, 0.25) is 11.8 Å². The molecule has 0 bridgehead atoms. The van der Waals surface area contributed by atoms with Crippen LogP contribution >= 0.6 is 15.9 Å². The van der Waals surface area contributed by atoms with Crippen molar-refractivity contribution in [2.75, 3.05) is 38.6 Å². The first-order chi connectivity index (χ1) is 20.3. The first-order valence-electron chi connectivity index (χ1n) is 14.1. The van der Waals surface area contributed by atoms with Crippen molar-refractivity contribution in [3.63, 3.8) is 0 Å². The molecule has 0 spiro atoms. The summed E-state index contributed by atoms with van der Waals surface area (Å²) in [5, 5.41) is 5.46. The van der Waals surface area contributed by atoms with Crippen molar-refractivity contribution in [2.24, 2.45) is 0 Å². The van der Waals surface area contributed by atoms with Crippen LogP contribution in [0.4, 0.5) is 5.69 Å². The predicted octanol–water partition coefficient (Wildman–Crippen LogP) is 3.96. The minimum absolute atomic E-state index is 0.0767. The largest absolute Gasteiger partial charge is 0.491 e. The molecule has 2 atom stereocenters. The molecule has 0 aromatic heterocycles. The lowest BCUT2D eigenvalue weighted by atomic mass is 9.88. The molecule has 216 valence electrons. The van der Waals surface area contributed by atoms with Gasteiger partial charge in [0.25, 0.3) is 11.8 Å². The fourth-order valence-corrected chi connectivity index (χ4v) is 6.56. The predicted molar refractivity (Wildman–Crippen MR) is 161 cm³/mol. The van der Waals surface area contributed by atoms with Gasteiger partial charge in [-0.15, -0.1) is 0 Å². The van der Waals surface area contributed by atoms with Gasteiger partial charge in [-0.1, -0.05) is 36.4 Å². The van der Waals surface area contributed by atoms with Crippen LogP contribution in [0.5, 0.6) is 5.75 Å². The molecule has 3 heterocycles. The molecule has 10 heteroatoms. The summed E-state index contributed by atoms with van der Waals surface area (Å²) in [6.07, 6.45) is 1.15. The van der Waals surface area contributed by atoms with Crippen molar-refractivity contribution in [3.8, 4) is 5.75 Å². The SMILES string of the molecule is CN1CCc2cc(Br)c(OCCNc3cccc4c3C(=O)N(C3CCC(=O)NC3=O)C4=O)cc2C(c2ccccc2)C1. The normalized spacial score (nSPS) is 20.6. The number of hydrogen-bond donors (Lipinski definition) is 2. The molecule has 2 unspecified atom stereocenters. The second-order valence-corrected chi connectivity index (χ2v) is 11.8. The number of piperidine rings is 1. The molecule has 0 radical (unpaired) electrons. The van der Waals surface area contributed by atoms with Crippen molar-refractivity contribution in [1.29, 1.82) is 0 Å². The van der Waals surface area contributed by atoms with Gasteiger partial charge in [0.1, 0.15) is 18.4 Å². The molecule has 2 N–H and O–H groups in total. The van der Waals surface area contributed by atoms with Crippen molar-refractivity contribution < 1.29 is 23.9 Å². The molecular formula is C32H31BrN4O5. The molecule has 1 fully saturated rings. The summed E-state index contributed by atoms with van der Waals surface area (Å²) in [5.74, 6) is -1.13. The number of halogens is 1. The summed E-state index contributed by atoms with van der Waals surface area (Å²) in [6.45, 7) is 2.60. The van der Waals surface area contributed by atoms with Gasteiger partial charge in [0.05, 0.1) is 15.6 Å². The van der Waals surface area contributed by atoms with Crippen LogP contribution in [0, 0.1) is 0 Å². The average Bonchev–Trinajstić information content (AvgIpc) is 3.12. The fourth-order valence-electron chi connectivity index (χ4n) is 6.05. The molecule has 3 aliphatic rings. The maximum atomic E-state index is 13.3. The number of rotatable bonds is 7. The van der Waals surface area contributed by atoms with E-state index < -0.39 is 29.7 Å². The van der Waals surface area contributed by atoms with Gasteiger partial charge in [0.15, 0.2) is 0 Å². The molecule has 3 aliphatic heterocycles. The quantitative estimate of drug-likeness (QED) is 0.300. The van der Waals surface area contributed by atoms with Crippen molar-refractivity contribution in [2.45, 2.75) is 31.2 Å². The zero-order valence-corrected chi connectivity index (χ0v) is 24.8. The molecule has 6 rings (SSSR count). The second-order valence-electron chi connectivity index (χ2n) is 10.9. The Morgan fingerprint density at radius 1 is 1.00 bits per heavy atom. The zero-order valence-electron chi connectivity index (χ0n) is 23.2. The lowest BCUT2D eigenvalue weighted by Crippen LogP contribution is -2.54. The van der Waals surface area contributed by atoms with Crippen LogP contribution in [-0.2, 0) is 16.0 Å². The topological polar surface area (TPSA) is 108 Å². The van der Waals surface area contributed by atoms with E-state index in [1.165, 1.54) is 16.7 Å². The number of amides is 4. The highest BCUT2D eigenvalue weighted by Gasteiger charge is 2.45. The first-order valence-corrected chi connectivity index (χ1v) is 14.9. The third-order valence-corrected chi connectivity index (χ3v) is 8.79. The van der Waals surface area contributed by atoms with Crippen molar-refractivity contribution >= 4 is 45.2 Å². The van der Waals surface area contributed by atoms with Gasteiger partial charge in [-0.25, -0.2) is 0 Å². The Balaban J connectivity index is 1.16. The Kier molecular flexibility index (Phi) is 7.83. The minimum Gasteiger partial charge on any atom is -0.491 e. The molecular weight excluding hydrogens is 600 g/mol. The number of ether oxygens (including phenoxy) is 1. The number of fused-ring (bicyclic) bond motifs is 2. The van der Waals surface area contributed by atoms with Gasteiger partial charge in [0, 0.05) is 37.7 Å². The van der Waals surface area contributed by atoms with Crippen molar-refractivity contribution in [3.05, 3.63) is 93.0 Å². The van der Waals surface area contributed by atoms with E-state index in [9.17, 15) is 19.2 Å². The first kappa shape index (κ1) is 28.1. The number of benzene rings is 3. The lowest BCUT2D eigenvalue weighted by molar-refractivity contribution is -0.136.